The number of hydrogen-bond donors (Lipinski definition) is 2. The number of hydrogen-bond acceptors (Lipinski definition) is 3. The minimum absolute atomic E-state index is 0.0181. The minimum atomic E-state index is -0.784. The first-order valence-electron chi connectivity index (χ1n) is 10.0. The number of imide groups is 1. The Hall–Kier alpha value is -1.88. The van der Waals surface area contributed by atoms with Crippen molar-refractivity contribution in [2.75, 3.05) is 13.1 Å². The van der Waals surface area contributed by atoms with Crippen LogP contribution in [0.5, 0.6) is 0 Å². The molecular weight excluding hydrogens is 326 g/mol. The van der Waals surface area contributed by atoms with Crippen LogP contribution in [-0.2, 0) is 11.2 Å². The zero-order valence-corrected chi connectivity index (χ0v) is 15.6. The van der Waals surface area contributed by atoms with E-state index in [1.807, 2.05) is 12.1 Å². The second kappa shape index (κ2) is 7.03. The van der Waals surface area contributed by atoms with Gasteiger partial charge < -0.3 is 10.6 Å². The maximum Gasteiger partial charge on any atom is 0.325 e. The molecule has 2 heterocycles. The summed E-state index contributed by atoms with van der Waals surface area (Å²) < 4.78 is 0. The summed E-state index contributed by atoms with van der Waals surface area (Å²) in [5, 5.41) is 6.58. The lowest BCUT2D eigenvalue weighted by Crippen LogP contribution is -2.57. The summed E-state index contributed by atoms with van der Waals surface area (Å²) in [4.78, 5) is 28.1. The van der Waals surface area contributed by atoms with E-state index >= 15 is 0 Å². The molecule has 0 bridgehead atoms. The van der Waals surface area contributed by atoms with Gasteiger partial charge in [-0.05, 0) is 62.7 Å². The van der Waals surface area contributed by atoms with Gasteiger partial charge in [-0.2, -0.15) is 0 Å². The van der Waals surface area contributed by atoms with E-state index in [1.54, 1.807) is 4.90 Å². The number of urea groups is 1. The second-order valence-electron chi connectivity index (χ2n) is 8.14. The number of carbonyl (C=O) groups is 2. The van der Waals surface area contributed by atoms with Crippen LogP contribution in [-0.4, -0.2) is 41.5 Å². The molecule has 3 fully saturated rings. The summed E-state index contributed by atoms with van der Waals surface area (Å²) in [6.07, 6.45) is 6.57. The monoisotopic (exact) mass is 355 g/mol. The third-order valence-corrected chi connectivity index (χ3v) is 6.61. The van der Waals surface area contributed by atoms with E-state index in [4.69, 9.17) is 0 Å². The number of nitrogens with one attached hydrogen (secondary N) is 2. The Morgan fingerprint density at radius 1 is 1.08 bits per heavy atom. The first kappa shape index (κ1) is 17.5. The third kappa shape index (κ3) is 2.92. The van der Waals surface area contributed by atoms with Gasteiger partial charge in [0.15, 0.2) is 0 Å². The standard InChI is InChI=1S/C21H29N3O2/c1-15-6-2-3-7-16(15)14-21(17-10-12-22-13-11-17)19(25)24(20(26)23-21)18-8-4-5-9-18/h2-3,6-7,17-18,22H,4-5,8-14H2,1H3,(H,23,26)/t21-/m1/s1. The molecule has 0 unspecified atom stereocenters. The summed E-state index contributed by atoms with van der Waals surface area (Å²) in [5.41, 5.74) is 1.56. The number of nitrogens with zero attached hydrogens (tertiary/aromatic N) is 1. The zero-order chi connectivity index (χ0) is 18.1. The molecule has 2 aliphatic heterocycles. The van der Waals surface area contributed by atoms with Gasteiger partial charge in [0.1, 0.15) is 5.54 Å². The van der Waals surface area contributed by atoms with E-state index < -0.39 is 5.54 Å². The largest absolute Gasteiger partial charge is 0.325 e. The van der Waals surface area contributed by atoms with Crippen molar-refractivity contribution in [3.63, 3.8) is 0 Å². The quantitative estimate of drug-likeness (QED) is 0.817. The normalized spacial score (nSPS) is 28.0. The Kier molecular flexibility index (Phi) is 4.74. The molecule has 1 aromatic carbocycles. The van der Waals surface area contributed by atoms with Gasteiger partial charge in [-0.25, -0.2) is 4.79 Å². The molecule has 3 amide bonds. The highest BCUT2D eigenvalue weighted by Crippen LogP contribution is 2.38. The summed E-state index contributed by atoms with van der Waals surface area (Å²) in [6, 6.07) is 8.14. The van der Waals surface area contributed by atoms with Crippen molar-refractivity contribution in [2.45, 2.75) is 63.5 Å². The Labute approximate surface area is 155 Å². The predicted molar refractivity (Wildman–Crippen MR) is 101 cm³/mol. The van der Waals surface area contributed by atoms with Gasteiger partial charge in [0.25, 0.3) is 5.91 Å². The highest BCUT2D eigenvalue weighted by Gasteiger charge is 2.57. The Morgan fingerprint density at radius 2 is 1.77 bits per heavy atom. The second-order valence-corrected chi connectivity index (χ2v) is 8.14. The van der Waals surface area contributed by atoms with Crippen LogP contribution in [0, 0.1) is 12.8 Å². The van der Waals surface area contributed by atoms with Crippen molar-refractivity contribution >= 4 is 11.9 Å². The van der Waals surface area contributed by atoms with Gasteiger partial charge in [0.05, 0.1) is 0 Å². The van der Waals surface area contributed by atoms with Crippen LogP contribution in [0.4, 0.5) is 4.79 Å². The Bertz CT molecular complexity index is 692. The van der Waals surface area contributed by atoms with Gasteiger partial charge in [-0.15, -0.1) is 0 Å². The molecule has 4 rings (SSSR count). The Balaban J connectivity index is 1.70. The van der Waals surface area contributed by atoms with Crippen LogP contribution < -0.4 is 10.6 Å². The molecule has 26 heavy (non-hydrogen) atoms. The minimum Gasteiger partial charge on any atom is -0.322 e. The smallest absolute Gasteiger partial charge is 0.322 e. The van der Waals surface area contributed by atoms with E-state index in [-0.39, 0.29) is 23.9 Å². The zero-order valence-electron chi connectivity index (χ0n) is 15.6. The fourth-order valence-corrected chi connectivity index (χ4v) is 5.07. The number of rotatable bonds is 4. The molecule has 140 valence electrons. The van der Waals surface area contributed by atoms with Crippen LogP contribution in [0.2, 0.25) is 0 Å². The fraction of sp³-hybridized carbons (Fsp3) is 0.619. The van der Waals surface area contributed by atoms with E-state index in [1.165, 1.54) is 5.56 Å². The first-order chi connectivity index (χ1) is 12.6. The lowest BCUT2D eigenvalue weighted by Gasteiger charge is -2.38. The molecule has 1 aromatic rings. The van der Waals surface area contributed by atoms with Crippen LogP contribution in [0.1, 0.15) is 49.7 Å². The molecule has 1 aliphatic carbocycles. The lowest BCUT2D eigenvalue weighted by molar-refractivity contribution is -0.135. The number of carbonyl (C=O) groups excluding carboxylic acids is 2. The SMILES string of the molecule is Cc1ccccc1C[C@]1(C2CCNCC2)NC(=O)N(C2CCCC2)C1=O. The van der Waals surface area contributed by atoms with Gasteiger partial charge >= 0.3 is 6.03 Å². The lowest BCUT2D eigenvalue weighted by atomic mass is 9.73. The van der Waals surface area contributed by atoms with Gasteiger partial charge in [0.2, 0.25) is 0 Å². The van der Waals surface area contributed by atoms with E-state index in [2.05, 4.69) is 29.7 Å². The van der Waals surface area contributed by atoms with Crippen molar-refractivity contribution in [1.82, 2.24) is 15.5 Å². The molecule has 2 N–H and O–H groups in total. The van der Waals surface area contributed by atoms with Crippen molar-refractivity contribution in [3.8, 4) is 0 Å². The topological polar surface area (TPSA) is 61.4 Å². The highest BCUT2D eigenvalue weighted by molar-refractivity contribution is 6.07. The van der Waals surface area contributed by atoms with Crippen molar-refractivity contribution in [1.29, 1.82) is 0 Å². The van der Waals surface area contributed by atoms with Crippen LogP contribution in [0.15, 0.2) is 24.3 Å². The van der Waals surface area contributed by atoms with Gasteiger partial charge in [-0.1, -0.05) is 37.1 Å². The third-order valence-electron chi connectivity index (χ3n) is 6.61. The molecule has 2 saturated heterocycles. The van der Waals surface area contributed by atoms with E-state index in [0.29, 0.717) is 6.42 Å². The highest BCUT2D eigenvalue weighted by atomic mass is 16.2. The molecule has 5 nitrogen and oxygen atoms in total. The van der Waals surface area contributed by atoms with Gasteiger partial charge in [-0.3, -0.25) is 9.69 Å². The molecule has 0 radical (unpaired) electrons. The van der Waals surface area contributed by atoms with Crippen LogP contribution in [0.25, 0.3) is 0 Å². The van der Waals surface area contributed by atoms with E-state index in [0.717, 1.165) is 57.2 Å². The van der Waals surface area contributed by atoms with Crippen LogP contribution >= 0.6 is 0 Å². The molecule has 1 atom stereocenters. The van der Waals surface area contributed by atoms with Crippen molar-refractivity contribution < 1.29 is 9.59 Å². The number of amides is 3. The fourth-order valence-electron chi connectivity index (χ4n) is 5.07. The number of benzene rings is 1. The predicted octanol–water partition coefficient (Wildman–Crippen LogP) is 2.77. The van der Waals surface area contributed by atoms with Crippen molar-refractivity contribution in [3.05, 3.63) is 35.4 Å². The first-order valence-corrected chi connectivity index (χ1v) is 10.0. The average Bonchev–Trinajstić information content (AvgIpc) is 3.25. The molecule has 1 saturated carbocycles. The summed E-state index contributed by atoms with van der Waals surface area (Å²) >= 11 is 0. The summed E-state index contributed by atoms with van der Waals surface area (Å²) in [5.74, 6) is 0.204. The van der Waals surface area contributed by atoms with Crippen molar-refractivity contribution in [2.24, 2.45) is 5.92 Å². The van der Waals surface area contributed by atoms with E-state index in [9.17, 15) is 9.59 Å². The van der Waals surface area contributed by atoms with Crippen LogP contribution in [0.3, 0.4) is 0 Å². The maximum absolute atomic E-state index is 13.7. The average molecular weight is 355 g/mol. The number of piperidine rings is 1. The molecule has 3 aliphatic rings. The summed E-state index contributed by atoms with van der Waals surface area (Å²) in [6.45, 7) is 3.90. The molecule has 0 spiro atoms. The number of aryl methyl sites for hydroxylation is 1. The Morgan fingerprint density at radius 3 is 2.46 bits per heavy atom. The van der Waals surface area contributed by atoms with Gasteiger partial charge in [0, 0.05) is 12.5 Å². The molecule has 0 aromatic heterocycles. The summed E-state index contributed by atoms with van der Waals surface area (Å²) in [7, 11) is 0. The molecule has 5 heteroatoms. The maximum atomic E-state index is 13.7. The molecular formula is C21H29N3O2.